The molecule has 1 saturated carbocycles. The van der Waals surface area contributed by atoms with Crippen LogP contribution in [0.3, 0.4) is 0 Å². The average molecular weight is 365 g/mol. The fraction of sp³-hybridized carbons (Fsp3) is 0.318. The summed E-state index contributed by atoms with van der Waals surface area (Å²) >= 11 is 0. The van der Waals surface area contributed by atoms with Gasteiger partial charge < -0.3 is 10.4 Å². The van der Waals surface area contributed by atoms with E-state index in [0.29, 0.717) is 36.0 Å². The van der Waals surface area contributed by atoms with Crippen molar-refractivity contribution in [3.8, 4) is 0 Å². The molecule has 0 aromatic heterocycles. The lowest BCUT2D eigenvalue weighted by Gasteiger charge is -2.15. The quantitative estimate of drug-likeness (QED) is 0.794. The Kier molecular flexibility index (Phi) is 5.40. The number of carboxylic acids is 1. The van der Waals surface area contributed by atoms with E-state index in [-0.39, 0.29) is 17.7 Å². The summed E-state index contributed by atoms with van der Waals surface area (Å²) < 4.78 is 0. The molecular weight excluding hydrogens is 342 g/mol. The molecule has 2 aromatic rings. The fourth-order valence-corrected chi connectivity index (χ4v) is 3.52. The van der Waals surface area contributed by atoms with Crippen molar-refractivity contribution in [2.24, 2.45) is 5.92 Å². The van der Waals surface area contributed by atoms with E-state index in [1.807, 2.05) is 26.0 Å². The number of aliphatic carboxylic acids is 1. The van der Waals surface area contributed by atoms with Crippen LogP contribution in [0.5, 0.6) is 0 Å². The van der Waals surface area contributed by atoms with E-state index >= 15 is 0 Å². The predicted octanol–water partition coefficient (Wildman–Crippen LogP) is 3.52. The maximum Gasteiger partial charge on any atom is 0.306 e. The van der Waals surface area contributed by atoms with Gasteiger partial charge in [0, 0.05) is 17.2 Å². The highest BCUT2D eigenvalue weighted by Gasteiger charge is 2.31. The highest BCUT2D eigenvalue weighted by atomic mass is 16.4. The Morgan fingerprint density at radius 3 is 2.30 bits per heavy atom. The van der Waals surface area contributed by atoms with Crippen molar-refractivity contribution < 1.29 is 19.5 Å². The zero-order valence-electron chi connectivity index (χ0n) is 15.5. The van der Waals surface area contributed by atoms with Gasteiger partial charge in [0.15, 0.2) is 5.78 Å². The molecule has 0 spiro atoms. The number of hydrogen-bond acceptors (Lipinski definition) is 3. The molecule has 1 aliphatic rings. The van der Waals surface area contributed by atoms with Gasteiger partial charge in [0.05, 0.1) is 11.5 Å². The number of amides is 1. The van der Waals surface area contributed by atoms with Crippen molar-refractivity contribution in [2.75, 3.05) is 0 Å². The summed E-state index contributed by atoms with van der Waals surface area (Å²) in [7, 11) is 0. The molecule has 0 aliphatic heterocycles. The van der Waals surface area contributed by atoms with Crippen LogP contribution in [0.4, 0.5) is 0 Å². The molecule has 2 aromatic carbocycles. The molecule has 1 fully saturated rings. The predicted molar refractivity (Wildman–Crippen MR) is 102 cm³/mol. The second kappa shape index (κ2) is 7.74. The molecule has 0 radical (unpaired) electrons. The molecule has 3 rings (SSSR count). The van der Waals surface area contributed by atoms with Crippen LogP contribution in [0.1, 0.15) is 56.7 Å². The molecular formula is C22H23NO4. The van der Waals surface area contributed by atoms with E-state index in [1.165, 1.54) is 0 Å². The second-order valence-corrected chi connectivity index (χ2v) is 7.19. The molecule has 140 valence electrons. The molecule has 5 heteroatoms. The Balaban J connectivity index is 1.81. The lowest BCUT2D eigenvalue weighted by Crippen LogP contribution is -2.34. The number of carbonyl (C=O) groups excluding carboxylic acids is 2. The third-order valence-electron chi connectivity index (χ3n) is 5.30. The van der Waals surface area contributed by atoms with Crippen molar-refractivity contribution in [1.82, 2.24) is 5.32 Å². The monoisotopic (exact) mass is 365 g/mol. The minimum Gasteiger partial charge on any atom is -0.481 e. The summed E-state index contributed by atoms with van der Waals surface area (Å²) in [5.41, 5.74) is 3.34. The van der Waals surface area contributed by atoms with E-state index in [1.54, 1.807) is 30.3 Å². The SMILES string of the molecule is Cc1ccc(C(=O)c2ccccc2C(=O)N[C@@H]2CC[C@H](C(=O)O)C2)cc1C. The first-order chi connectivity index (χ1) is 12.9. The van der Waals surface area contributed by atoms with Gasteiger partial charge >= 0.3 is 5.97 Å². The number of hydrogen-bond donors (Lipinski definition) is 2. The van der Waals surface area contributed by atoms with Crippen molar-refractivity contribution >= 4 is 17.7 Å². The molecule has 5 nitrogen and oxygen atoms in total. The number of benzene rings is 2. The summed E-state index contributed by atoms with van der Waals surface area (Å²) in [5.74, 6) is -1.77. The summed E-state index contributed by atoms with van der Waals surface area (Å²) in [6.07, 6.45) is 1.62. The first-order valence-electron chi connectivity index (χ1n) is 9.11. The molecule has 0 unspecified atom stereocenters. The highest BCUT2D eigenvalue weighted by molar-refractivity contribution is 6.15. The third kappa shape index (κ3) is 4.08. The topological polar surface area (TPSA) is 83.5 Å². The largest absolute Gasteiger partial charge is 0.481 e. The number of ketones is 1. The van der Waals surface area contributed by atoms with Crippen LogP contribution in [0.25, 0.3) is 0 Å². The van der Waals surface area contributed by atoms with Gasteiger partial charge in [-0.3, -0.25) is 14.4 Å². The fourth-order valence-electron chi connectivity index (χ4n) is 3.52. The van der Waals surface area contributed by atoms with E-state index in [4.69, 9.17) is 5.11 Å². The Labute approximate surface area is 158 Å². The van der Waals surface area contributed by atoms with Crippen LogP contribution in [0.15, 0.2) is 42.5 Å². The number of carboxylic acid groups (broad SMARTS) is 1. The van der Waals surface area contributed by atoms with Gasteiger partial charge in [-0.25, -0.2) is 0 Å². The summed E-state index contributed by atoms with van der Waals surface area (Å²) in [5, 5.41) is 12.0. The number of nitrogens with one attached hydrogen (secondary N) is 1. The Hall–Kier alpha value is -2.95. The Bertz CT molecular complexity index is 903. The first-order valence-corrected chi connectivity index (χ1v) is 9.11. The third-order valence-corrected chi connectivity index (χ3v) is 5.30. The van der Waals surface area contributed by atoms with Crippen LogP contribution in [0.2, 0.25) is 0 Å². The van der Waals surface area contributed by atoms with Crippen LogP contribution in [0, 0.1) is 19.8 Å². The molecule has 2 N–H and O–H groups in total. The zero-order chi connectivity index (χ0) is 19.6. The van der Waals surface area contributed by atoms with Crippen molar-refractivity contribution in [3.05, 3.63) is 70.3 Å². The smallest absolute Gasteiger partial charge is 0.306 e. The standard InChI is InChI=1S/C22H23NO4/c1-13-7-8-15(11-14(13)2)20(24)18-5-3-4-6-19(18)21(25)23-17-10-9-16(12-17)22(26)27/h3-8,11,16-17H,9-10,12H2,1-2H3,(H,23,25)(H,26,27)/t16-,17+/m0/s1. The van der Waals surface area contributed by atoms with Crippen molar-refractivity contribution in [3.63, 3.8) is 0 Å². The molecule has 0 saturated heterocycles. The molecule has 27 heavy (non-hydrogen) atoms. The highest BCUT2D eigenvalue weighted by Crippen LogP contribution is 2.26. The normalized spacial score (nSPS) is 18.9. The molecule has 0 heterocycles. The first kappa shape index (κ1) is 18.8. The minimum absolute atomic E-state index is 0.177. The molecule has 0 bridgehead atoms. The van der Waals surface area contributed by atoms with Gasteiger partial charge in [-0.05, 0) is 56.4 Å². The van der Waals surface area contributed by atoms with Gasteiger partial charge in [-0.2, -0.15) is 0 Å². The van der Waals surface area contributed by atoms with Crippen molar-refractivity contribution in [1.29, 1.82) is 0 Å². The van der Waals surface area contributed by atoms with Crippen LogP contribution < -0.4 is 5.32 Å². The number of aryl methyl sites for hydroxylation is 2. The minimum atomic E-state index is -0.822. The van der Waals surface area contributed by atoms with Crippen molar-refractivity contribution in [2.45, 2.75) is 39.2 Å². The molecule has 2 atom stereocenters. The average Bonchev–Trinajstić information content (AvgIpc) is 3.12. The maximum atomic E-state index is 13.0. The maximum absolute atomic E-state index is 13.0. The van der Waals surface area contributed by atoms with E-state index in [2.05, 4.69) is 5.32 Å². The number of carbonyl (C=O) groups is 3. The van der Waals surface area contributed by atoms with Gasteiger partial charge in [0.2, 0.25) is 0 Å². The molecule has 1 amide bonds. The molecule has 1 aliphatic carbocycles. The van der Waals surface area contributed by atoms with E-state index in [9.17, 15) is 14.4 Å². The van der Waals surface area contributed by atoms with E-state index in [0.717, 1.165) is 11.1 Å². The Morgan fingerprint density at radius 2 is 1.67 bits per heavy atom. The number of rotatable bonds is 5. The Morgan fingerprint density at radius 1 is 0.963 bits per heavy atom. The second-order valence-electron chi connectivity index (χ2n) is 7.19. The van der Waals surface area contributed by atoms with Crippen LogP contribution >= 0.6 is 0 Å². The van der Waals surface area contributed by atoms with Gasteiger partial charge in [-0.1, -0.05) is 30.3 Å². The van der Waals surface area contributed by atoms with Crippen LogP contribution in [-0.2, 0) is 4.79 Å². The summed E-state index contributed by atoms with van der Waals surface area (Å²) in [4.78, 5) is 36.8. The van der Waals surface area contributed by atoms with Crippen LogP contribution in [-0.4, -0.2) is 28.8 Å². The van der Waals surface area contributed by atoms with Gasteiger partial charge in [0.25, 0.3) is 5.91 Å². The summed E-state index contributed by atoms with van der Waals surface area (Å²) in [6, 6.07) is 12.1. The van der Waals surface area contributed by atoms with Gasteiger partial charge in [-0.15, -0.1) is 0 Å². The van der Waals surface area contributed by atoms with Gasteiger partial charge in [0.1, 0.15) is 0 Å². The summed E-state index contributed by atoms with van der Waals surface area (Å²) in [6.45, 7) is 3.93. The lowest BCUT2D eigenvalue weighted by atomic mass is 9.95. The zero-order valence-corrected chi connectivity index (χ0v) is 15.5. The lowest BCUT2D eigenvalue weighted by molar-refractivity contribution is -0.141. The van der Waals surface area contributed by atoms with E-state index < -0.39 is 11.9 Å².